The number of hydrogen-bond acceptors (Lipinski definition) is 5. The molecule has 2 aromatic carbocycles. The molecule has 1 aliphatic heterocycles. The first-order valence-corrected chi connectivity index (χ1v) is 8.90. The van der Waals surface area contributed by atoms with Crippen molar-refractivity contribution in [2.45, 2.75) is 32.1 Å². The number of ether oxygens (including phenoxy) is 1. The highest BCUT2D eigenvalue weighted by Crippen LogP contribution is 2.25. The lowest BCUT2D eigenvalue weighted by Crippen LogP contribution is -2.45. The van der Waals surface area contributed by atoms with E-state index in [1.54, 1.807) is 6.92 Å². The summed E-state index contributed by atoms with van der Waals surface area (Å²) in [6.07, 6.45) is 0.871. The van der Waals surface area contributed by atoms with Gasteiger partial charge >= 0.3 is 5.97 Å². The van der Waals surface area contributed by atoms with E-state index < -0.39 is 12.1 Å². The number of benzene rings is 2. The van der Waals surface area contributed by atoms with Crippen LogP contribution in [-0.2, 0) is 27.4 Å². The van der Waals surface area contributed by atoms with Gasteiger partial charge in [-0.1, -0.05) is 60.7 Å². The Morgan fingerprint density at radius 1 is 1.00 bits per heavy atom. The van der Waals surface area contributed by atoms with Gasteiger partial charge in [-0.25, -0.2) is 0 Å². The van der Waals surface area contributed by atoms with Crippen molar-refractivity contribution < 1.29 is 14.3 Å². The SMILES string of the molecule is CCOC(=O)C1C(C=O)N(Cc2ccccc2)CN1Cc1ccccc1. The molecule has 0 amide bonds. The number of rotatable bonds is 7. The highest BCUT2D eigenvalue weighted by atomic mass is 16.5. The summed E-state index contributed by atoms with van der Waals surface area (Å²) in [4.78, 5) is 28.5. The smallest absolute Gasteiger partial charge is 0.325 e. The zero-order chi connectivity index (χ0) is 18.4. The van der Waals surface area contributed by atoms with E-state index >= 15 is 0 Å². The van der Waals surface area contributed by atoms with Gasteiger partial charge in [-0.15, -0.1) is 0 Å². The zero-order valence-corrected chi connectivity index (χ0v) is 15.0. The van der Waals surface area contributed by atoms with Crippen molar-refractivity contribution in [1.82, 2.24) is 9.80 Å². The normalized spacial score (nSPS) is 20.8. The zero-order valence-electron chi connectivity index (χ0n) is 15.0. The van der Waals surface area contributed by atoms with Crippen LogP contribution >= 0.6 is 0 Å². The molecule has 3 rings (SSSR count). The second-order valence-corrected chi connectivity index (χ2v) is 6.43. The Kier molecular flexibility index (Phi) is 6.15. The van der Waals surface area contributed by atoms with Crippen LogP contribution in [0.1, 0.15) is 18.1 Å². The van der Waals surface area contributed by atoms with Crippen LogP contribution in [0.3, 0.4) is 0 Å². The highest BCUT2D eigenvalue weighted by molar-refractivity contribution is 5.82. The largest absolute Gasteiger partial charge is 0.465 e. The van der Waals surface area contributed by atoms with Gasteiger partial charge < -0.3 is 9.53 Å². The Labute approximate surface area is 154 Å². The quantitative estimate of drug-likeness (QED) is 0.566. The maximum atomic E-state index is 12.6. The lowest BCUT2D eigenvalue weighted by atomic mass is 10.1. The number of carbonyl (C=O) groups excluding carboxylic acids is 2. The molecule has 1 aliphatic rings. The van der Waals surface area contributed by atoms with Crippen molar-refractivity contribution in [3.8, 4) is 0 Å². The summed E-state index contributed by atoms with van der Waals surface area (Å²) in [6.45, 7) is 3.84. The molecular formula is C21H24N2O3. The van der Waals surface area contributed by atoms with Crippen LogP contribution in [0.15, 0.2) is 60.7 Å². The van der Waals surface area contributed by atoms with E-state index in [-0.39, 0.29) is 5.97 Å². The monoisotopic (exact) mass is 352 g/mol. The fourth-order valence-corrected chi connectivity index (χ4v) is 3.45. The van der Waals surface area contributed by atoms with Crippen LogP contribution in [-0.4, -0.2) is 47.4 Å². The van der Waals surface area contributed by atoms with Crippen LogP contribution in [0.5, 0.6) is 0 Å². The first-order valence-electron chi connectivity index (χ1n) is 8.90. The van der Waals surface area contributed by atoms with E-state index in [2.05, 4.69) is 0 Å². The van der Waals surface area contributed by atoms with E-state index in [0.717, 1.165) is 17.4 Å². The predicted molar refractivity (Wildman–Crippen MR) is 99.1 cm³/mol. The van der Waals surface area contributed by atoms with Gasteiger partial charge in [0.15, 0.2) is 0 Å². The minimum Gasteiger partial charge on any atom is -0.465 e. The topological polar surface area (TPSA) is 49.9 Å². The van der Waals surface area contributed by atoms with Gasteiger partial charge in [0.1, 0.15) is 12.3 Å². The summed E-state index contributed by atoms with van der Waals surface area (Å²) >= 11 is 0. The van der Waals surface area contributed by atoms with E-state index in [9.17, 15) is 9.59 Å². The molecule has 0 spiro atoms. The van der Waals surface area contributed by atoms with Gasteiger partial charge in [0.05, 0.1) is 19.3 Å². The summed E-state index contributed by atoms with van der Waals surface area (Å²) in [5.41, 5.74) is 2.22. The Bertz CT molecular complexity index is 721. The van der Waals surface area contributed by atoms with Crippen molar-refractivity contribution in [1.29, 1.82) is 0 Å². The molecule has 2 atom stereocenters. The first kappa shape index (κ1) is 18.3. The maximum Gasteiger partial charge on any atom is 0.325 e. The van der Waals surface area contributed by atoms with Gasteiger partial charge in [-0.05, 0) is 18.1 Å². The molecule has 1 heterocycles. The van der Waals surface area contributed by atoms with Gasteiger partial charge in [0.25, 0.3) is 0 Å². The number of hydrogen-bond donors (Lipinski definition) is 0. The molecule has 0 N–H and O–H groups in total. The molecular weight excluding hydrogens is 328 g/mol. The van der Waals surface area contributed by atoms with E-state index in [1.807, 2.05) is 70.5 Å². The van der Waals surface area contributed by atoms with Crippen LogP contribution < -0.4 is 0 Å². The fraction of sp³-hybridized carbons (Fsp3) is 0.333. The van der Waals surface area contributed by atoms with Crippen molar-refractivity contribution in [3.63, 3.8) is 0 Å². The summed E-state index contributed by atoms with van der Waals surface area (Å²) in [6, 6.07) is 18.8. The second kappa shape index (κ2) is 8.74. The second-order valence-electron chi connectivity index (χ2n) is 6.43. The van der Waals surface area contributed by atoms with Crippen LogP contribution in [0.25, 0.3) is 0 Å². The summed E-state index contributed by atoms with van der Waals surface area (Å²) < 4.78 is 5.26. The molecule has 0 saturated carbocycles. The molecule has 136 valence electrons. The molecule has 0 aromatic heterocycles. The minimum absolute atomic E-state index is 0.304. The van der Waals surface area contributed by atoms with Crippen molar-refractivity contribution in [3.05, 3.63) is 71.8 Å². The van der Waals surface area contributed by atoms with E-state index in [0.29, 0.717) is 26.4 Å². The van der Waals surface area contributed by atoms with Crippen LogP contribution in [0.2, 0.25) is 0 Å². The summed E-state index contributed by atoms with van der Waals surface area (Å²) in [5, 5.41) is 0. The fourth-order valence-electron chi connectivity index (χ4n) is 3.45. The highest BCUT2D eigenvalue weighted by Gasteiger charge is 2.45. The van der Waals surface area contributed by atoms with Crippen LogP contribution in [0, 0.1) is 0 Å². The van der Waals surface area contributed by atoms with Crippen molar-refractivity contribution >= 4 is 12.3 Å². The standard InChI is InChI=1S/C21H24N2O3/c1-2-26-21(25)20-19(15-24)22(13-17-9-5-3-6-10-17)16-23(20)14-18-11-7-4-8-12-18/h3-12,15,19-20H,2,13-14,16H2,1H3. The van der Waals surface area contributed by atoms with E-state index in [4.69, 9.17) is 4.74 Å². The minimum atomic E-state index is -0.587. The average Bonchev–Trinajstić information content (AvgIpc) is 3.00. The van der Waals surface area contributed by atoms with Gasteiger partial charge in [0.2, 0.25) is 0 Å². The summed E-state index contributed by atoms with van der Waals surface area (Å²) in [7, 11) is 0. The van der Waals surface area contributed by atoms with Gasteiger partial charge in [-0.3, -0.25) is 14.6 Å². The number of carbonyl (C=O) groups is 2. The van der Waals surface area contributed by atoms with Crippen molar-refractivity contribution in [2.75, 3.05) is 13.3 Å². The molecule has 0 aliphatic carbocycles. The molecule has 2 unspecified atom stereocenters. The lowest BCUT2D eigenvalue weighted by molar-refractivity contribution is -0.150. The molecule has 2 aromatic rings. The molecule has 5 heteroatoms. The van der Waals surface area contributed by atoms with Crippen molar-refractivity contribution in [2.24, 2.45) is 0 Å². The number of esters is 1. The van der Waals surface area contributed by atoms with Crippen LogP contribution in [0.4, 0.5) is 0 Å². The third-order valence-corrected chi connectivity index (χ3v) is 4.63. The molecule has 0 bridgehead atoms. The van der Waals surface area contributed by atoms with Gasteiger partial charge in [0, 0.05) is 13.1 Å². The Morgan fingerprint density at radius 2 is 1.54 bits per heavy atom. The number of nitrogens with zero attached hydrogens (tertiary/aromatic N) is 2. The maximum absolute atomic E-state index is 12.6. The third-order valence-electron chi connectivity index (χ3n) is 4.63. The van der Waals surface area contributed by atoms with Gasteiger partial charge in [-0.2, -0.15) is 0 Å². The Hall–Kier alpha value is -2.50. The molecule has 5 nitrogen and oxygen atoms in total. The Balaban J connectivity index is 1.83. The van der Waals surface area contributed by atoms with E-state index in [1.165, 1.54) is 0 Å². The lowest BCUT2D eigenvalue weighted by Gasteiger charge is -2.23. The predicted octanol–water partition coefficient (Wildman–Crippen LogP) is 2.46. The molecule has 1 fully saturated rings. The first-order chi connectivity index (χ1) is 12.7. The molecule has 1 saturated heterocycles. The Morgan fingerprint density at radius 3 is 2.04 bits per heavy atom. The average molecular weight is 352 g/mol. The molecule has 26 heavy (non-hydrogen) atoms. The third kappa shape index (κ3) is 4.18. The number of aldehydes is 1. The molecule has 0 radical (unpaired) electrons. The summed E-state index contributed by atoms with van der Waals surface area (Å²) in [5.74, 6) is -0.337.